The fourth-order valence-corrected chi connectivity index (χ4v) is 6.41. The molecule has 1 aliphatic carbocycles. The van der Waals surface area contributed by atoms with Crippen molar-refractivity contribution in [2.24, 2.45) is 5.92 Å². The van der Waals surface area contributed by atoms with Crippen LogP contribution in [0.15, 0.2) is 48.7 Å². The topological polar surface area (TPSA) is 136 Å². The minimum absolute atomic E-state index is 0.130. The summed E-state index contributed by atoms with van der Waals surface area (Å²) in [6.45, 7) is 14.4. The zero-order valence-electron chi connectivity index (χ0n) is 29.2. The number of ketones is 1. The Morgan fingerprint density at radius 1 is 1.02 bits per heavy atom. The average molecular weight is 669 g/mol. The van der Waals surface area contributed by atoms with Crippen molar-refractivity contribution in [1.29, 1.82) is 0 Å². The van der Waals surface area contributed by atoms with E-state index < -0.39 is 0 Å². The molecule has 4 heterocycles. The summed E-state index contributed by atoms with van der Waals surface area (Å²) >= 11 is 0. The minimum atomic E-state index is -0.390. The van der Waals surface area contributed by atoms with E-state index in [0.717, 1.165) is 67.6 Å². The van der Waals surface area contributed by atoms with Gasteiger partial charge in [0.05, 0.1) is 31.1 Å². The van der Waals surface area contributed by atoms with Crippen molar-refractivity contribution < 1.29 is 19.1 Å². The molecule has 3 aromatic heterocycles. The van der Waals surface area contributed by atoms with Crippen molar-refractivity contribution >= 4 is 23.3 Å². The van der Waals surface area contributed by atoms with E-state index in [-0.39, 0.29) is 35.2 Å². The van der Waals surface area contributed by atoms with Crippen LogP contribution in [0.1, 0.15) is 106 Å². The number of fused-ring (bicyclic) bond motifs is 2. The van der Waals surface area contributed by atoms with Gasteiger partial charge in [-0.15, -0.1) is 10.2 Å². The van der Waals surface area contributed by atoms with Gasteiger partial charge in [0.1, 0.15) is 23.5 Å². The molecule has 2 atom stereocenters. The van der Waals surface area contributed by atoms with Gasteiger partial charge in [0.25, 0.3) is 0 Å². The van der Waals surface area contributed by atoms with E-state index >= 15 is 0 Å². The Balaban J connectivity index is 1.12. The molecule has 1 fully saturated rings. The second-order valence-corrected chi connectivity index (χ2v) is 14.5. The highest BCUT2D eigenvalue weighted by Crippen LogP contribution is 2.39. The summed E-state index contributed by atoms with van der Waals surface area (Å²) in [6, 6.07) is 13.1. The fraction of sp³-hybridized carbons (Fsp3) is 0.514. The number of carbonyl (C=O) groups excluding carboxylic acids is 2. The van der Waals surface area contributed by atoms with Crippen molar-refractivity contribution in [2.45, 2.75) is 84.3 Å². The number of hydrogen-bond donors (Lipinski definition) is 2. The Morgan fingerprint density at radius 2 is 1.80 bits per heavy atom. The van der Waals surface area contributed by atoms with Crippen LogP contribution >= 0.6 is 0 Å². The van der Waals surface area contributed by atoms with E-state index in [2.05, 4.69) is 55.6 Å². The number of morpholine rings is 1. The molecule has 1 aromatic carbocycles. The van der Waals surface area contributed by atoms with Crippen molar-refractivity contribution in [3.8, 4) is 5.75 Å². The molecule has 0 spiro atoms. The molecule has 0 unspecified atom stereocenters. The number of anilines is 1. The molecule has 1 saturated heterocycles. The standard InChI is InChI=1S/C37H48N8O4/c1-24(2)21-34-43-42-33-15-12-25(23-45(33)34)49-30-14-13-28(26-9-6-7-10-27(26)30)38-36(47)41-32-22-31(37(3,4)5)39-35(40-32)29(46)11-8-16-44-17-19-48-20-18-44/h6-7,9-10,12,15,22-24,28,30H,8,11,13-14,16-21H2,1-5H3,(H2,38,39,40,41,47)/t28-,30+/m0/s1. The molecule has 2 aliphatic rings. The highest BCUT2D eigenvalue weighted by Gasteiger charge is 2.30. The lowest BCUT2D eigenvalue weighted by molar-refractivity contribution is 0.0371. The number of benzene rings is 1. The predicted molar refractivity (Wildman–Crippen MR) is 187 cm³/mol. The van der Waals surface area contributed by atoms with Crippen LogP contribution in [0.5, 0.6) is 5.75 Å². The van der Waals surface area contributed by atoms with E-state index in [9.17, 15) is 9.59 Å². The zero-order chi connectivity index (χ0) is 34.5. The second kappa shape index (κ2) is 15.0. The first kappa shape index (κ1) is 34.4. The molecule has 0 radical (unpaired) electrons. The molecular weight excluding hydrogens is 620 g/mol. The number of rotatable bonds is 11. The Hall–Kier alpha value is -4.42. The van der Waals surface area contributed by atoms with Crippen LogP contribution in [0.4, 0.5) is 10.6 Å². The Labute approximate surface area is 288 Å². The molecule has 2 N–H and O–H groups in total. The average Bonchev–Trinajstić information content (AvgIpc) is 3.46. The normalized spacial score (nSPS) is 18.3. The van der Waals surface area contributed by atoms with Crippen molar-refractivity contribution in [2.75, 3.05) is 38.2 Å². The van der Waals surface area contributed by atoms with Crippen LogP contribution < -0.4 is 15.4 Å². The zero-order valence-corrected chi connectivity index (χ0v) is 29.2. The highest BCUT2D eigenvalue weighted by atomic mass is 16.5. The molecule has 0 saturated carbocycles. The predicted octanol–water partition coefficient (Wildman–Crippen LogP) is 6.09. The van der Waals surface area contributed by atoms with E-state index in [0.29, 0.717) is 43.1 Å². The number of amides is 2. The van der Waals surface area contributed by atoms with Gasteiger partial charge in [0.15, 0.2) is 17.3 Å². The molecule has 0 bridgehead atoms. The number of aromatic nitrogens is 5. The van der Waals surface area contributed by atoms with Gasteiger partial charge in [0, 0.05) is 37.4 Å². The van der Waals surface area contributed by atoms with Crippen LogP contribution in [0.3, 0.4) is 0 Å². The number of Topliss-reactive ketones (excluding diaryl/α,β-unsaturated/α-hetero) is 1. The summed E-state index contributed by atoms with van der Waals surface area (Å²) in [5.74, 6) is 2.42. The number of urea groups is 1. The fourth-order valence-electron chi connectivity index (χ4n) is 6.41. The number of nitrogens with one attached hydrogen (secondary N) is 2. The first-order chi connectivity index (χ1) is 23.5. The molecule has 260 valence electrons. The van der Waals surface area contributed by atoms with Crippen LogP contribution in [0.25, 0.3) is 5.65 Å². The quantitative estimate of drug-likeness (QED) is 0.182. The summed E-state index contributed by atoms with van der Waals surface area (Å²) in [5.41, 5.74) is 3.19. The molecule has 6 rings (SSSR count). The molecular formula is C37H48N8O4. The summed E-state index contributed by atoms with van der Waals surface area (Å²) in [6.07, 6.45) is 5.07. The van der Waals surface area contributed by atoms with Gasteiger partial charge in [-0.25, -0.2) is 14.8 Å². The maximum Gasteiger partial charge on any atom is 0.320 e. The Bertz CT molecular complexity index is 1780. The third-order valence-electron chi connectivity index (χ3n) is 9.02. The summed E-state index contributed by atoms with van der Waals surface area (Å²) in [4.78, 5) is 38.0. The number of ether oxygens (including phenoxy) is 2. The molecule has 12 heteroatoms. The van der Waals surface area contributed by atoms with E-state index in [1.807, 2.05) is 61.7 Å². The van der Waals surface area contributed by atoms with Crippen molar-refractivity contribution in [3.05, 3.63) is 77.1 Å². The van der Waals surface area contributed by atoms with E-state index in [1.54, 1.807) is 6.07 Å². The Morgan fingerprint density at radius 3 is 2.55 bits per heavy atom. The maximum atomic E-state index is 13.4. The van der Waals surface area contributed by atoms with Gasteiger partial charge in [0.2, 0.25) is 0 Å². The number of nitrogens with zero attached hydrogens (tertiary/aromatic N) is 6. The lowest BCUT2D eigenvalue weighted by Crippen LogP contribution is -2.37. The molecule has 4 aromatic rings. The van der Waals surface area contributed by atoms with Gasteiger partial charge in [-0.05, 0) is 55.0 Å². The molecule has 49 heavy (non-hydrogen) atoms. The van der Waals surface area contributed by atoms with Gasteiger partial charge in [-0.1, -0.05) is 58.9 Å². The SMILES string of the molecule is CC(C)Cc1nnc2ccc(O[C@@H]3CC[C@H](NC(=O)Nc4cc(C(C)(C)C)nc(C(=O)CCCN5CCOCC5)n4)c4ccccc43)cn12. The van der Waals surface area contributed by atoms with Crippen LogP contribution in [0.2, 0.25) is 0 Å². The monoisotopic (exact) mass is 668 g/mol. The largest absolute Gasteiger partial charge is 0.484 e. The van der Waals surface area contributed by atoms with Gasteiger partial charge >= 0.3 is 6.03 Å². The van der Waals surface area contributed by atoms with E-state index in [4.69, 9.17) is 9.47 Å². The molecule has 12 nitrogen and oxygen atoms in total. The lowest BCUT2D eigenvalue weighted by Gasteiger charge is -2.32. The highest BCUT2D eigenvalue weighted by molar-refractivity contribution is 5.94. The first-order valence-corrected chi connectivity index (χ1v) is 17.4. The molecule has 1 aliphatic heterocycles. The first-order valence-electron chi connectivity index (χ1n) is 17.4. The Kier molecular flexibility index (Phi) is 10.5. The third-order valence-corrected chi connectivity index (χ3v) is 9.02. The summed E-state index contributed by atoms with van der Waals surface area (Å²) in [5, 5.41) is 14.7. The third kappa shape index (κ3) is 8.60. The van der Waals surface area contributed by atoms with Crippen LogP contribution in [-0.4, -0.2) is 74.1 Å². The lowest BCUT2D eigenvalue weighted by atomic mass is 9.85. The van der Waals surface area contributed by atoms with Crippen molar-refractivity contribution in [1.82, 2.24) is 34.8 Å². The second-order valence-electron chi connectivity index (χ2n) is 14.5. The van der Waals surface area contributed by atoms with E-state index in [1.165, 1.54) is 0 Å². The number of pyridine rings is 1. The number of hydrogen-bond acceptors (Lipinski definition) is 9. The van der Waals surface area contributed by atoms with Crippen LogP contribution in [-0.2, 0) is 16.6 Å². The van der Waals surface area contributed by atoms with Gasteiger partial charge in [-0.2, -0.15) is 0 Å². The van der Waals surface area contributed by atoms with Crippen LogP contribution in [0, 0.1) is 5.92 Å². The van der Waals surface area contributed by atoms with Gasteiger partial charge in [-0.3, -0.25) is 19.4 Å². The smallest absolute Gasteiger partial charge is 0.320 e. The molecule has 2 amide bonds. The van der Waals surface area contributed by atoms with Gasteiger partial charge < -0.3 is 14.8 Å². The maximum absolute atomic E-state index is 13.4. The summed E-state index contributed by atoms with van der Waals surface area (Å²) < 4.78 is 14.0. The number of carbonyl (C=O) groups is 2. The van der Waals surface area contributed by atoms with Crippen molar-refractivity contribution in [3.63, 3.8) is 0 Å². The summed E-state index contributed by atoms with van der Waals surface area (Å²) in [7, 11) is 0. The minimum Gasteiger partial charge on any atom is -0.484 e.